The fourth-order valence-corrected chi connectivity index (χ4v) is 2.95. The van der Waals surface area contributed by atoms with Crippen LogP contribution in [0.3, 0.4) is 0 Å². The third kappa shape index (κ3) is 2.45. The predicted molar refractivity (Wildman–Crippen MR) is 85.7 cm³/mol. The topological polar surface area (TPSA) is 46.3 Å². The summed E-state index contributed by atoms with van der Waals surface area (Å²) < 4.78 is 0. The van der Waals surface area contributed by atoms with Gasteiger partial charge in [-0.3, -0.25) is 4.79 Å². The Labute approximate surface area is 125 Å². The van der Waals surface area contributed by atoms with Crippen molar-refractivity contribution < 1.29 is 4.79 Å². The first kappa shape index (κ1) is 13.8. The Morgan fingerprint density at radius 1 is 1.14 bits per heavy atom. The minimum Gasteiger partial charge on any atom is -0.326 e. The van der Waals surface area contributed by atoms with Crippen molar-refractivity contribution in [3.63, 3.8) is 0 Å². The van der Waals surface area contributed by atoms with Gasteiger partial charge in [0, 0.05) is 23.8 Å². The number of carbonyl (C=O) groups excluding carboxylic acids is 1. The summed E-state index contributed by atoms with van der Waals surface area (Å²) in [5, 5.41) is 0. The lowest BCUT2D eigenvalue weighted by Gasteiger charge is -2.33. The lowest BCUT2D eigenvalue weighted by molar-refractivity contribution is 0.0982. The molecule has 0 radical (unpaired) electrons. The number of carbonyl (C=O) groups is 1. The molecule has 1 atom stereocenters. The fraction of sp³-hybridized carbons (Fsp3) is 0.278. The Balaban J connectivity index is 2.04. The van der Waals surface area contributed by atoms with Crippen LogP contribution in [0.15, 0.2) is 42.5 Å². The lowest BCUT2D eigenvalue weighted by atomic mass is 9.96. The van der Waals surface area contributed by atoms with Crippen LogP contribution in [0.2, 0.25) is 0 Å². The van der Waals surface area contributed by atoms with E-state index in [0.717, 1.165) is 34.4 Å². The Morgan fingerprint density at radius 2 is 1.90 bits per heavy atom. The molecule has 21 heavy (non-hydrogen) atoms. The van der Waals surface area contributed by atoms with Gasteiger partial charge in [-0.05, 0) is 49.1 Å². The van der Waals surface area contributed by atoms with E-state index in [1.807, 2.05) is 55.1 Å². The number of para-hydroxylation sites is 1. The van der Waals surface area contributed by atoms with Crippen LogP contribution in [0.25, 0.3) is 0 Å². The molecule has 2 aromatic rings. The maximum atomic E-state index is 13.0. The van der Waals surface area contributed by atoms with Crippen molar-refractivity contribution >= 4 is 11.6 Å². The Kier molecular flexibility index (Phi) is 3.52. The summed E-state index contributed by atoms with van der Waals surface area (Å²) in [6.45, 7) is 4.60. The van der Waals surface area contributed by atoms with Gasteiger partial charge in [0.2, 0.25) is 0 Å². The van der Waals surface area contributed by atoms with Gasteiger partial charge in [0.05, 0.1) is 0 Å². The fourth-order valence-electron chi connectivity index (χ4n) is 2.95. The molecule has 2 N–H and O–H groups in total. The van der Waals surface area contributed by atoms with Crippen molar-refractivity contribution in [3.05, 3.63) is 64.7 Å². The molecule has 3 nitrogen and oxygen atoms in total. The molecule has 0 saturated heterocycles. The molecule has 0 bridgehead atoms. The molecule has 0 spiro atoms. The molecule has 1 aliphatic heterocycles. The zero-order valence-corrected chi connectivity index (χ0v) is 12.5. The van der Waals surface area contributed by atoms with E-state index >= 15 is 0 Å². The van der Waals surface area contributed by atoms with Crippen LogP contribution in [0.1, 0.15) is 27.0 Å². The third-order valence-corrected chi connectivity index (χ3v) is 4.26. The number of nitrogens with two attached hydrogens (primary N) is 1. The van der Waals surface area contributed by atoms with Crippen LogP contribution in [-0.4, -0.2) is 18.5 Å². The van der Waals surface area contributed by atoms with Crippen LogP contribution in [0, 0.1) is 13.8 Å². The van der Waals surface area contributed by atoms with Gasteiger partial charge in [-0.15, -0.1) is 0 Å². The number of nitrogens with zero attached hydrogens (tertiary/aromatic N) is 1. The second-order valence-electron chi connectivity index (χ2n) is 5.76. The van der Waals surface area contributed by atoms with Crippen molar-refractivity contribution in [3.8, 4) is 0 Å². The van der Waals surface area contributed by atoms with Crippen molar-refractivity contribution in [1.29, 1.82) is 0 Å². The normalized spacial score (nSPS) is 17.5. The van der Waals surface area contributed by atoms with Gasteiger partial charge in [0.15, 0.2) is 0 Å². The van der Waals surface area contributed by atoms with Crippen molar-refractivity contribution in [2.24, 2.45) is 5.73 Å². The number of rotatable bonds is 1. The second-order valence-corrected chi connectivity index (χ2v) is 5.76. The number of hydrogen-bond acceptors (Lipinski definition) is 2. The van der Waals surface area contributed by atoms with Gasteiger partial charge in [0.1, 0.15) is 0 Å². The highest BCUT2D eigenvalue weighted by atomic mass is 16.2. The highest BCUT2D eigenvalue weighted by Gasteiger charge is 2.27. The number of aryl methyl sites for hydroxylation is 1. The van der Waals surface area contributed by atoms with Gasteiger partial charge in [0.25, 0.3) is 5.91 Å². The molecule has 2 aromatic carbocycles. The monoisotopic (exact) mass is 280 g/mol. The molecule has 1 heterocycles. The second kappa shape index (κ2) is 5.34. The first-order chi connectivity index (χ1) is 10.1. The first-order valence-corrected chi connectivity index (χ1v) is 7.29. The number of benzene rings is 2. The van der Waals surface area contributed by atoms with E-state index in [4.69, 9.17) is 5.73 Å². The van der Waals surface area contributed by atoms with Crippen LogP contribution >= 0.6 is 0 Å². The average Bonchev–Trinajstić information content (AvgIpc) is 2.48. The zero-order chi connectivity index (χ0) is 15.0. The molecule has 3 heteroatoms. The summed E-state index contributed by atoms with van der Waals surface area (Å²) >= 11 is 0. The molecule has 1 aliphatic rings. The summed E-state index contributed by atoms with van der Waals surface area (Å²) in [6, 6.07) is 13.9. The number of fused-ring (bicyclic) bond motifs is 1. The maximum Gasteiger partial charge on any atom is 0.258 e. The quantitative estimate of drug-likeness (QED) is 0.873. The SMILES string of the molecule is Cc1cccc(C(=O)N2CC(N)Cc3ccccc32)c1C. The molecular formula is C18H20N2O. The third-order valence-electron chi connectivity index (χ3n) is 4.26. The summed E-state index contributed by atoms with van der Waals surface area (Å²) in [5.74, 6) is 0.0406. The standard InChI is InChI=1S/C18H20N2O/c1-12-6-5-8-16(13(12)2)18(21)20-11-15(19)10-14-7-3-4-9-17(14)20/h3-9,15H,10-11,19H2,1-2H3. The van der Waals surface area contributed by atoms with E-state index in [-0.39, 0.29) is 11.9 Å². The predicted octanol–water partition coefficient (Wildman–Crippen LogP) is 2.83. The Morgan fingerprint density at radius 3 is 2.71 bits per heavy atom. The minimum atomic E-state index is -0.00559. The van der Waals surface area contributed by atoms with Gasteiger partial charge in [-0.25, -0.2) is 0 Å². The first-order valence-electron chi connectivity index (χ1n) is 7.29. The van der Waals surface area contributed by atoms with E-state index in [2.05, 4.69) is 6.07 Å². The van der Waals surface area contributed by atoms with E-state index < -0.39 is 0 Å². The van der Waals surface area contributed by atoms with Crippen LogP contribution in [0.4, 0.5) is 5.69 Å². The van der Waals surface area contributed by atoms with Gasteiger partial charge < -0.3 is 10.6 Å². The summed E-state index contributed by atoms with van der Waals surface area (Å²) in [5.41, 5.74) is 11.2. The van der Waals surface area contributed by atoms with Crippen LogP contribution in [-0.2, 0) is 6.42 Å². The molecule has 0 aromatic heterocycles. The average molecular weight is 280 g/mol. The molecule has 0 saturated carbocycles. The zero-order valence-electron chi connectivity index (χ0n) is 12.5. The number of anilines is 1. The molecule has 1 unspecified atom stereocenters. The van der Waals surface area contributed by atoms with Crippen molar-refractivity contribution in [2.45, 2.75) is 26.3 Å². The molecular weight excluding hydrogens is 260 g/mol. The minimum absolute atomic E-state index is 0.00559. The van der Waals surface area contributed by atoms with E-state index in [0.29, 0.717) is 6.54 Å². The highest BCUT2D eigenvalue weighted by molar-refractivity contribution is 6.07. The van der Waals surface area contributed by atoms with Crippen LogP contribution in [0.5, 0.6) is 0 Å². The van der Waals surface area contributed by atoms with Crippen molar-refractivity contribution in [1.82, 2.24) is 0 Å². The highest BCUT2D eigenvalue weighted by Crippen LogP contribution is 2.28. The molecule has 0 fully saturated rings. The molecule has 1 amide bonds. The van der Waals surface area contributed by atoms with E-state index in [1.165, 1.54) is 0 Å². The number of hydrogen-bond donors (Lipinski definition) is 1. The van der Waals surface area contributed by atoms with Crippen molar-refractivity contribution in [2.75, 3.05) is 11.4 Å². The summed E-state index contributed by atoms with van der Waals surface area (Å²) in [6.07, 6.45) is 0.826. The largest absolute Gasteiger partial charge is 0.326 e. The molecule has 3 rings (SSSR count). The molecule has 0 aliphatic carbocycles. The Hall–Kier alpha value is -2.13. The van der Waals surface area contributed by atoms with E-state index in [9.17, 15) is 4.79 Å². The maximum absolute atomic E-state index is 13.0. The van der Waals surface area contributed by atoms with Gasteiger partial charge in [-0.2, -0.15) is 0 Å². The van der Waals surface area contributed by atoms with Gasteiger partial charge in [-0.1, -0.05) is 30.3 Å². The van der Waals surface area contributed by atoms with Crippen LogP contribution < -0.4 is 10.6 Å². The molecule has 108 valence electrons. The Bertz CT molecular complexity index is 693. The lowest BCUT2D eigenvalue weighted by Crippen LogP contribution is -2.46. The number of amides is 1. The summed E-state index contributed by atoms with van der Waals surface area (Å²) in [7, 11) is 0. The van der Waals surface area contributed by atoms with Gasteiger partial charge >= 0.3 is 0 Å². The smallest absolute Gasteiger partial charge is 0.258 e. The van der Waals surface area contributed by atoms with E-state index in [1.54, 1.807) is 0 Å². The summed E-state index contributed by atoms with van der Waals surface area (Å²) in [4.78, 5) is 14.8.